The molecule has 0 amide bonds. The Morgan fingerprint density at radius 1 is 1.04 bits per heavy atom. The summed E-state index contributed by atoms with van der Waals surface area (Å²) in [6.07, 6.45) is 0.382. The normalized spacial score (nSPS) is 19.3. The summed E-state index contributed by atoms with van der Waals surface area (Å²) < 4.78 is 67.3. The zero-order valence-corrected chi connectivity index (χ0v) is 15.5. The van der Waals surface area contributed by atoms with Crippen molar-refractivity contribution in [3.8, 4) is 0 Å². The van der Waals surface area contributed by atoms with Gasteiger partial charge in [0.05, 0.1) is 5.75 Å². The topological polar surface area (TPSA) is 37.4 Å². The minimum atomic E-state index is -3.61. The molecule has 140 valence electrons. The Bertz CT molecular complexity index is 890. The van der Waals surface area contributed by atoms with Crippen LogP contribution in [-0.4, -0.2) is 31.6 Å². The maximum atomic E-state index is 14.0. The van der Waals surface area contributed by atoms with E-state index in [-0.39, 0.29) is 29.7 Å². The Labute approximate surface area is 155 Å². The van der Waals surface area contributed by atoms with Crippen molar-refractivity contribution in [1.29, 1.82) is 0 Å². The lowest BCUT2D eigenvalue weighted by Gasteiger charge is -2.20. The molecule has 0 saturated carbocycles. The second-order valence-electron chi connectivity index (χ2n) is 6.10. The fourth-order valence-electron chi connectivity index (χ4n) is 2.97. The fourth-order valence-corrected chi connectivity index (χ4v) is 5.86. The van der Waals surface area contributed by atoms with E-state index in [0.29, 0.717) is 17.7 Å². The van der Waals surface area contributed by atoms with E-state index in [1.807, 2.05) is 0 Å². The predicted molar refractivity (Wildman–Crippen MR) is 96.8 cm³/mol. The summed E-state index contributed by atoms with van der Waals surface area (Å²) in [5.74, 6) is -1.29. The number of thioether (sulfide) groups is 1. The average Bonchev–Trinajstić information content (AvgIpc) is 2.83. The van der Waals surface area contributed by atoms with Crippen LogP contribution in [-0.2, 0) is 15.8 Å². The lowest BCUT2D eigenvalue weighted by molar-refractivity contribution is 0.426. The van der Waals surface area contributed by atoms with E-state index in [0.717, 1.165) is 12.1 Å². The number of hydrogen-bond acceptors (Lipinski definition) is 3. The smallest absolute Gasteiger partial charge is 0.212 e. The zero-order chi connectivity index (χ0) is 18.7. The first-order valence-electron chi connectivity index (χ1n) is 8.14. The van der Waals surface area contributed by atoms with Crippen LogP contribution in [0.2, 0.25) is 0 Å². The third-order valence-electron chi connectivity index (χ3n) is 4.24. The van der Waals surface area contributed by atoms with Crippen LogP contribution in [0.1, 0.15) is 22.8 Å². The summed E-state index contributed by atoms with van der Waals surface area (Å²) in [6.45, 7) is 0.501. The van der Waals surface area contributed by atoms with E-state index in [4.69, 9.17) is 0 Å². The Morgan fingerprint density at radius 3 is 2.58 bits per heavy atom. The Hall–Kier alpha value is -1.51. The molecular formula is C18H18F3NO2S2. The molecule has 3 nitrogen and oxygen atoms in total. The van der Waals surface area contributed by atoms with E-state index in [2.05, 4.69) is 0 Å². The highest BCUT2D eigenvalue weighted by Crippen LogP contribution is 2.36. The van der Waals surface area contributed by atoms with Crippen molar-refractivity contribution in [2.45, 2.75) is 17.4 Å². The van der Waals surface area contributed by atoms with Crippen LogP contribution in [0, 0.1) is 17.5 Å². The molecule has 1 unspecified atom stereocenters. The summed E-state index contributed by atoms with van der Waals surface area (Å²) in [6, 6.07) is 8.83. The van der Waals surface area contributed by atoms with Crippen LogP contribution in [0.25, 0.3) is 0 Å². The van der Waals surface area contributed by atoms with Gasteiger partial charge in [-0.3, -0.25) is 0 Å². The van der Waals surface area contributed by atoms with Crippen LogP contribution in [0.15, 0.2) is 42.5 Å². The lowest BCUT2D eigenvalue weighted by Crippen LogP contribution is -2.34. The Morgan fingerprint density at radius 2 is 1.81 bits per heavy atom. The highest BCUT2D eigenvalue weighted by molar-refractivity contribution is 7.99. The van der Waals surface area contributed by atoms with E-state index < -0.39 is 27.5 Å². The molecule has 1 atom stereocenters. The van der Waals surface area contributed by atoms with Crippen LogP contribution >= 0.6 is 11.8 Å². The molecule has 1 fully saturated rings. The molecule has 0 radical (unpaired) electrons. The maximum Gasteiger partial charge on any atom is 0.218 e. The van der Waals surface area contributed by atoms with Gasteiger partial charge in [0.25, 0.3) is 0 Å². The predicted octanol–water partition coefficient (Wildman–Crippen LogP) is 4.11. The first-order chi connectivity index (χ1) is 12.3. The van der Waals surface area contributed by atoms with Gasteiger partial charge in [0.2, 0.25) is 10.0 Å². The van der Waals surface area contributed by atoms with Crippen molar-refractivity contribution in [1.82, 2.24) is 4.31 Å². The van der Waals surface area contributed by atoms with Crippen LogP contribution in [0.3, 0.4) is 0 Å². The molecule has 2 aromatic rings. The van der Waals surface area contributed by atoms with Crippen LogP contribution in [0.5, 0.6) is 0 Å². The molecule has 0 spiro atoms. The van der Waals surface area contributed by atoms with Crippen molar-refractivity contribution in [3.05, 3.63) is 71.0 Å². The molecule has 3 rings (SSSR count). The standard InChI is InChI=1S/C18H18F3NO2S2/c19-14-3-1-2-13(10-14)12-26(23,24)22-7-6-18(25-9-8-22)16-11-15(20)4-5-17(16)21/h1-5,10-11,18H,6-9,12H2. The minimum absolute atomic E-state index is 0.214. The molecule has 26 heavy (non-hydrogen) atoms. The molecule has 1 saturated heterocycles. The van der Waals surface area contributed by atoms with Crippen molar-refractivity contribution in [3.63, 3.8) is 0 Å². The third-order valence-corrected chi connectivity index (χ3v) is 7.40. The molecule has 0 aliphatic carbocycles. The van der Waals surface area contributed by atoms with Crippen molar-refractivity contribution >= 4 is 21.8 Å². The highest BCUT2D eigenvalue weighted by atomic mass is 32.2. The first kappa shape index (κ1) is 19.3. The molecule has 0 aromatic heterocycles. The summed E-state index contributed by atoms with van der Waals surface area (Å²) in [5.41, 5.74) is 0.647. The van der Waals surface area contributed by atoms with Gasteiger partial charge in [-0.05, 0) is 42.3 Å². The quantitative estimate of drug-likeness (QED) is 0.774. The number of hydrogen-bond donors (Lipinski definition) is 0. The van der Waals surface area contributed by atoms with Gasteiger partial charge in [-0.15, -0.1) is 0 Å². The highest BCUT2D eigenvalue weighted by Gasteiger charge is 2.28. The van der Waals surface area contributed by atoms with Gasteiger partial charge in [-0.1, -0.05) is 12.1 Å². The summed E-state index contributed by atoms with van der Waals surface area (Å²) in [4.78, 5) is 0. The maximum absolute atomic E-state index is 14.0. The lowest BCUT2D eigenvalue weighted by atomic mass is 10.1. The van der Waals surface area contributed by atoms with Gasteiger partial charge in [-0.2, -0.15) is 11.8 Å². The number of sulfonamides is 1. The summed E-state index contributed by atoms with van der Waals surface area (Å²) in [7, 11) is -3.61. The van der Waals surface area contributed by atoms with Gasteiger partial charge >= 0.3 is 0 Å². The molecule has 1 aliphatic rings. The van der Waals surface area contributed by atoms with E-state index >= 15 is 0 Å². The summed E-state index contributed by atoms with van der Waals surface area (Å²) in [5, 5.41) is -0.305. The second-order valence-corrected chi connectivity index (χ2v) is 9.38. The first-order valence-corrected chi connectivity index (χ1v) is 10.8. The SMILES string of the molecule is O=S(=O)(Cc1cccc(F)c1)N1CCSC(c2cc(F)ccc2F)CC1. The second kappa shape index (κ2) is 8.02. The molecule has 1 aliphatic heterocycles. The molecular weight excluding hydrogens is 383 g/mol. The fraction of sp³-hybridized carbons (Fsp3) is 0.333. The molecule has 1 heterocycles. The van der Waals surface area contributed by atoms with Crippen molar-refractivity contribution in [2.24, 2.45) is 0 Å². The third kappa shape index (κ3) is 4.61. The van der Waals surface area contributed by atoms with E-state index in [1.165, 1.54) is 40.3 Å². The van der Waals surface area contributed by atoms with Crippen molar-refractivity contribution in [2.75, 3.05) is 18.8 Å². The molecule has 2 aromatic carbocycles. The molecule has 0 bridgehead atoms. The van der Waals surface area contributed by atoms with Crippen LogP contribution < -0.4 is 0 Å². The molecule has 8 heteroatoms. The Balaban J connectivity index is 1.72. The monoisotopic (exact) mass is 401 g/mol. The number of benzene rings is 2. The van der Waals surface area contributed by atoms with E-state index in [1.54, 1.807) is 6.07 Å². The van der Waals surface area contributed by atoms with Gasteiger partial charge in [0, 0.05) is 29.7 Å². The van der Waals surface area contributed by atoms with Gasteiger partial charge < -0.3 is 0 Å². The number of nitrogens with zero attached hydrogens (tertiary/aromatic N) is 1. The van der Waals surface area contributed by atoms with Gasteiger partial charge in [0.1, 0.15) is 17.5 Å². The van der Waals surface area contributed by atoms with Crippen molar-refractivity contribution < 1.29 is 21.6 Å². The van der Waals surface area contributed by atoms with E-state index in [9.17, 15) is 21.6 Å². The minimum Gasteiger partial charge on any atom is -0.212 e. The largest absolute Gasteiger partial charge is 0.218 e. The van der Waals surface area contributed by atoms with Gasteiger partial charge in [-0.25, -0.2) is 25.9 Å². The summed E-state index contributed by atoms with van der Waals surface area (Å²) >= 11 is 1.42. The Kier molecular flexibility index (Phi) is 5.94. The van der Waals surface area contributed by atoms with Gasteiger partial charge in [0.15, 0.2) is 0 Å². The van der Waals surface area contributed by atoms with Crippen LogP contribution in [0.4, 0.5) is 13.2 Å². The zero-order valence-electron chi connectivity index (χ0n) is 13.9. The molecule has 0 N–H and O–H groups in total. The number of halogens is 3. The number of rotatable bonds is 4. The average molecular weight is 401 g/mol.